The van der Waals surface area contributed by atoms with Gasteiger partial charge in [-0.2, -0.15) is 11.8 Å². The van der Waals surface area contributed by atoms with Crippen LogP contribution in [0.1, 0.15) is 22.5 Å². The highest BCUT2D eigenvalue weighted by Crippen LogP contribution is 2.04. The molecule has 1 heterocycles. The maximum Gasteiger partial charge on any atom is 0.354 e. The molecule has 2 N–H and O–H groups in total. The summed E-state index contributed by atoms with van der Waals surface area (Å²) in [6.07, 6.45) is 5.10. The van der Waals surface area contributed by atoms with Crippen molar-refractivity contribution in [1.29, 1.82) is 0 Å². The maximum atomic E-state index is 11.2. The molecule has 1 aromatic rings. The van der Waals surface area contributed by atoms with E-state index in [9.17, 15) is 4.79 Å². The average molecular weight is 242 g/mol. The summed E-state index contributed by atoms with van der Waals surface area (Å²) < 4.78 is 4.61. The number of esters is 1. The summed E-state index contributed by atoms with van der Waals surface area (Å²) in [5.41, 5.74) is 1.58. The van der Waals surface area contributed by atoms with E-state index < -0.39 is 0 Å². The Hall–Kier alpha value is -0.940. The van der Waals surface area contributed by atoms with Crippen molar-refractivity contribution in [2.75, 3.05) is 25.7 Å². The van der Waals surface area contributed by atoms with Crippen LogP contribution in [-0.4, -0.2) is 36.6 Å². The Morgan fingerprint density at radius 1 is 1.62 bits per heavy atom. The van der Waals surface area contributed by atoms with E-state index in [1.54, 1.807) is 0 Å². The zero-order valence-electron chi connectivity index (χ0n) is 9.71. The van der Waals surface area contributed by atoms with Crippen molar-refractivity contribution in [1.82, 2.24) is 10.3 Å². The third-order valence-electron chi connectivity index (χ3n) is 2.18. The summed E-state index contributed by atoms with van der Waals surface area (Å²) in [7, 11) is 1.38. The second-order valence-electron chi connectivity index (χ2n) is 3.44. The molecule has 0 bridgehead atoms. The van der Waals surface area contributed by atoms with Crippen molar-refractivity contribution < 1.29 is 9.53 Å². The Labute approximate surface area is 100 Å². The highest BCUT2D eigenvalue weighted by molar-refractivity contribution is 7.98. The zero-order chi connectivity index (χ0) is 11.8. The first kappa shape index (κ1) is 13.1. The van der Waals surface area contributed by atoms with E-state index >= 15 is 0 Å². The van der Waals surface area contributed by atoms with Gasteiger partial charge in [-0.25, -0.2) is 4.79 Å². The topological polar surface area (TPSA) is 54.1 Å². The van der Waals surface area contributed by atoms with Crippen LogP contribution in [0.25, 0.3) is 0 Å². The third-order valence-corrected chi connectivity index (χ3v) is 2.88. The molecule has 0 atom stereocenters. The van der Waals surface area contributed by atoms with Crippen molar-refractivity contribution in [2.24, 2.45) is 0 Å². The predicted molar refractivity (Wildman–Crippen MR) is 66.8 cm³/mol. The second-order valence-corrected chi connectivity index (χ2v) is 4.42. The fourth-order valence-corrected chi connectivity index (χ4v) is 1.78. The molecule has 0 radical (unpaired) electrons. The van der Waals surface area contributed by atoms with Crippen LogP contribution in [0, 0.1) is 0 Å². The standard InChI is InChI=1S/C11H18N2O2S/c1-15-11(14)10-6-9(8-13-10)7-12-4-3-5-16-2/h6,8,12-13H,3-5,7H2,1-2H3. The average Bonchev–Trinajstić information content (AvgIpc) is 2.76. The normalized spacial score (nSPS) is 10.4. The molecular weight excluding hydrogens is 224 g/mol. The van der Waals surface area contributed by atoms with E-state index in [1.807, 2.05) is 24.0 Å². The van der Waals surface area contributed by atoms with Crippen LogP contribution in [0.4, 0.5) is 0 Å². The Balaban J connectivity index is 2.27. The number of aromatic amines is 1. The Kier molecular flexibility index (Phi) is 6.03. The second kappa shape index (κ2) is 7.35. The van der Waals surface area contributed by atoms with E-state index in [-0.39, 0.29) is 5.97 Å². The largest absolute Gasteiger partial charge is 0.464 e. The molecule has 5 heteroatoms. The summed E-state index contributed by atoms with van der Waals surface area (Å²) in [5, 5.41) is 3.32. The number of ether oxygens (including phenoxy) is 1. The summed E-state index contributed by atoms with van der Waals surface area (Å²) in [4.78, 5) is 14.1. The van der Waals surface area contributed by atoms with E-state index in [2.05, 4.69) is 21.3 Å². The molecule has 4 nitrogen and oxygen atoms in total. The van der Waals surface area contributed by atoms with Crippen LogP contribution >= 0.6 is 11.8 Å². The van der Waals surface area contributed by atoms with E-state index in [1.165, 1.54) is 12.9 Å². The van der Waals surface area contributed by atoms with E-state index in [0.717, 1.165) is 25.1 Å². The molecule has 0 aliphatic heterocycles. The fourth-order valence-electron chi connectivity index (χ4n) is 1.34. The molecule has 0 fully saturated rings. The van der Waals surface area contributed by atoms with Gasteiger partial charge in [-0.15, -0.1) is 0 Å². The lowest BCUT2D eigenvalue weighted by Gasteiger charge is -2.01. The van der Waals surface area contributed by atoms with Gasteiger partial charge in [0, 0.05) is 12.7 Å². The number of aromatic nitrogens is 1. The predicted octanol–water partition coefficient (Wildman–Crippen LogP) is 1.64. The lowest BCUT2D eigenvalue weighted by Crippen LogP contribution is -2.14. The van der Waals surface area contributed by atoms with E-state index in [4.69, 9.17) is 0 Å². The minimum Gasteiger partial charge on any atom is -0.464 e. The summed E-state index contributed by atoms with van der Waals surface area (Å²) >= 11 is 1.85. The van der Waals surface area contributed by atoms with Gasteiger partial charge >= 0.3 is 5.97 Å². The molecule has 0 saturated carbocycles. The lowest BCUT2D eigenvalue weighted by atomic mass is 10.3. The fraction of sp³-hybridized carbons (Fsp3) is 0.545. The van der Waals surface area contributed by atoms with Gasteiger partial charge < -0.3 is 15.0 Å². The van der Waals surface area contributed by atoms with Crippen LogP contribution in [0.3, 0.4) is 0 Å². The molecule has 0 unspecified atom stereocenters. The van der Waals surface area contributed by atoms with Gasteiger partial charge in [0.25, 0.3) is 0 Å². The van der Waals surface area contributed by atoms with Crippen molar-refractivity contribution in [3.63, 3.8) is 0 Å². The van der Waals surface area contributed by atoms with Gasteiger partial charge in [0.05, 0.1) is 7.11 Å². The smallest absolute Gasteiger partial charge is 0.354 e. The van der Waals surface area contributed by atoms with Crippen molar-refractivity contribution >= 4 is 17.7 Å². The van der Waals surface area contributed by atoms with Crippen LogP contribution < -0.4 is 5.32 Å². The van der Waals surface area contributed by atoms with Crippen molar-refractivity contribution in [3.8, 4) is 0 Å². The van der Waals surface area contributed by atoms with E-state index in [0.29, 0.717) is 5.69 Å². The Morgan fingerprint density at radius 3 is 3.12 bits per heavy atom. The molecule has 90 valence electrons. The monoisotopic (exact) mass is 242 g/mol. The number of nitrogens with one attached hydrogen (secondary N) is 2. The number of hydrogen-bond acceptors (Lipinski definition) is 4. The molecule has 1 aromatic heterocycles. The summed E-state index contributed by atoms with van der Waals surface area (Å²) in [6, 6.07) is 1.81. The molecule has 0 aromatic carbocycles. The van der Waals surface area contributed by atoms with Crippen molar-refractivity contribution in [3.05, 3.63) is 23.5 Å². The molecule has 0 aliphatic rings. The minimum atomic E-state index is -0.325. The van der Waals surface area contributed by atoms with Gasteiger partial charge in [-0.1, -0.05) is 0 Å². The first-order valence-electron chi connectivity index (χ1n) is 5.23. The third kappa shape index (κ3) is 4.28. The van der Waals surface area contributed by atoms with Crippen LogP contribution in [0.2, 0.25) is 0 Å². The van der Waals surface area contributed by atoms with Gasteiger partial charge in [0.2, 0.25) is 0 Å². The number of hydrogen-bond donors (Lipinski definition) is 2. The number of carbonyl (C=O) groups is 1. The Morgan fingerprint density at radius 2 is 2.44 bits per heavy atom. The Bertz CT molecular complexity index is 326. The van der Waals surface area contributed by atoms with Gasteiger partial charge in [0.15, 0.2) is 0 Å². The summed E-state index contributed by atoms with van der Waals surface area (Å²) in [6.45, 7) is 1.78. The molecule has 1 rings (SSSR count). The highest BCUT2D eigenvalue weighted by Gasteiger charge is 2.07. The van der Waals surface area contributed by atoms with Gasteiger partial charge in [-0.3, -0.25) is 0 Å². The van der Waals surface area contributed by atoms with Gasteiger partial charge in [0.1, 0.15) is 5.69 Å². The number of methoxy groups -OCH3 is 1. The van der Waals surface area contributed by atoms with Crippen molar-refractivity contribution in [2.45, 2.75) is 13.0 Å². The first-order valence-corrected chi connectivity index (χ1v) is 6.62. The SMILES string of the molecule is COC(=O)c1cc(CNCCCSC)c[nH]1. The van der Waals surface area contributed by atoms with Crippen LogP contribution in [0.5, 0.6) is 0 Å². The van der Waals surface area contributed by atoms with Crippen LogP contribution in [0.15, 0.2) is 12.3 Å². The summed E-state index contributed by atoms with van der Waals surface area (Å²) in [5.74, 6) is 0.849. The van der Waals surface area contributed by atoms with Crippen LogP contribution in [-0.2, 0) is 11.3 Å². The zero-order valence-corrected chi connectivity index (χ0v) is 10.5. The number of rotatable bonds is 7. The molecular formula is C11H18N2O2S. The number of carbonyl (C=O) groups excluding carboxylic acids is 1. The lowest BCUT2D eigenvalue weighted by molar-refractivity contribution is 0.0595. The molecule has 16 heavy (non-hydrogen) atoms. The van der Waals surface area contributed by atoms with Gasteiger partial charge in [-0.05, 0) is 36.6 Å². The molecule has 0 amide bonds. The number of thioether (sulfide) groups is 1. The minimum absolute atomic E-state index is 0.325. The molecule has 0 spiro atoms. The first-order chi connectivity index (χ1) is 7.77. The maximum absolute atomic E-state index is 11.2. The highest BCUT2D eigenvalue weighted by atomic mass is 32.2. The molecule has 0 aliphatic carbocycles. The quantitative estimate of drug-likeness (QED) is 0.564. The molecule has 0 saturated heterocycles. The number of H-pyrrole nitrogens is 1.